The quantitative estimate of drug-likeness (QED) is 0.491. The number of rotatable bonds is 4. The summed E-state index contributed by atoms with van der Waals surface area (Å²) in [4.78, 5) is 27.7. The molecule has 8 heteroatoms. The normalized spacial score (nSPS) is 18.7. The van der Waals surface area contributed by atoms with Crippen molar-refractivity contribution in [2.45, 2.75) is 0 Å². The van der Waals surface area contributed by atoms with E-state index in [1.54, 1.807) is 0 Å². The second-order valence-corrected chi connectivity index (χ2v) is 10.6. The van der Waals surface area contributed by atoms with Gasteiger partial charge in [-0.3, -0.25) is 0 Å². The van der Waals surface area contributed by atoms with Gasteiger partial charge in [0.1, 0.15) is 9.81 Å². The summed E-state index contributed by atoms with van der Waals surface area (Å²) in [6.07, 6.45) is 0. The molecule has 0 aromatic heterocycles. The Morgan fingerprint density at radius 3 is 1.30 bits per heavy atom. The van der Waals surface area contributed by atoms with Crippen molar-refractivity contribution < 1.29 is 19.1 Å². The Kier molecular flexibility index (Phi) is 6.67. The van der Waals surface area contributed by atoms with E-state index in [2.05, 4.69) is 0 Å². The van der Waals surface area contributed by atoms with Crippen LogP contribution in [0, 0.1) is 0 Å². The van der Waals surface area contributed by atoms with E-state index in [1.807, 2.05) is 60.7 Å². The van der Waals surface area contributed by atoms with Gasteiger partial charge < -0.3 is 9.47 Å². The molecule has 4 nitrogen and oxygen atoms in total. The summed E-state index contributed by atoms with van der Waals surface area (Å²) >= 11 is 5.84. The molecule has 0 saturated carbocycles. The van der Waals surface area contributed by atoms with Gasteiger partial charge in [-0.25, -0.2) is 9.59 Å². The van der Waals surface area contributed by atoms with Gasteiger partial charge >= 0.3 is 11.9 Å². The SMILES string of the molecule is COC(=O)C1=C(c2ccccc2)S/C(=C2/SC(C(=O)OC)=C(c3ccccc3)S2)S1. The molecule has 2 aliphatic rings. The Labute approximate surface area is 191 Å². The minimum Gasteiger partial charge on any atom is -0.465 e. The molecule has 0 atom stereocenters. The lowest BCUT2D eigenvalue weighted by Crippen LogP contribution is -2.01. The Morgan fingerprint density at radius 2 is 0.967 bits per heavy atom. The minimum atomic E-state index is -0.362. The summed E-state index contributed by atoms with van der Waals surface area (Å²) in [5.74, 6) is -0.723. The Morgan fingerprint density at radius 1 is 0.600 bits per heavy atom. The predicted molar refractivity (Wildman–Crippen MR) is 128 cm³/mol. The van der Waals surface area contributed by atoms with Crippen LogP contribution in [0.1, 0.15) is 11.1 Å². The molecule has 0 unspecified atom stereocenters. The summed E-state index contributed by atoms with van der Waals surface area (Å²) < 4.78 is 11.9. The zero-order valence-corrected chi connectivity index (χ0v) is 19.3. The molecule has 0 fully saturated rings. The first-order valence-electron chi connectivity index (χ1n) is 8.84. The first kappa shape index (κ1) is 21.2. The summed E-state index contributed by atoms with van der Waals surface area (Å²) in [6.45, 7) is 0. The Bertz CT molecular complexity index is 1000. The molecule has 2 aromatic rings. The van der Waals surface area contributed by atoms with Gasteiger partial charge in [0, 0.05) is 9.81 Å². The molecule has 2 aliphatic heterocycles. The molecule has 2 aromatic carbocycles. The molecule has 30 heavy (non-hydrogen) atoms. The van der Waals surface area contributed by atoms with E-state index in [4.69, 9.17) is 9.47 Å². The molecular weight excluding hydrogens is 457 g/mol. The van der Waals surface area contributed by atoms with E-state index in [1.165, 1.54) is 61.3 Å². The van der Waals surface area contributed by atoms with Crippen molar-refractivity contribution in [1.29, 1.82) is 0 Å². The van der Waals surface area contributed by atoms with Crippen molar-refractivity contribution in [1.82, 2.24) is 0 Å². The van der Waals surface area contributed by atoms with Crippen LogP contribution in [0.3, 0.4) is 0 Å². The van der Waals surface area contributed by atoms with Crippen molar-refractivity contribution in [3.8, 4) is 0 Å². The number of hydrogen-bond acceptors (Lipinski definition) is 8. The molecule has 0 radical (unpaired) electrons. The lowest BCUT2D eigenvalue weighted by atomic mass is 10.2. The van der Waals surface area contributed by atoms with Gasteiger partial charge in [0.05, 0.1) is 22.7 Å². The van der Waals surface area contributed by atoms with Gasteiger partial charge in [0.25, 0.3) is 0 Å². The number of benzene rings is 2. The lowest BCUT2D eigenvalue weighted by Gasteiger charge is -2.04. The molecule has 0 bridgehead atoms. The second-order valence-electron chi connectivity index (χ2n) is 6.01. The molecule has 0 spiro atoms. The minimum absolute atomic E-state index is 0.362. The fourth-order valence-corrected chi connectivity index (χ4v) is 8.30. The maximum atomic E-state index is 12.4. The van der Waals surface area contributed by atoms with E-state index in [0.717, 1.165) is 29.4 Å². The fraction of sp³-hybridized carbons (Fsp3) is 0.0909. The van der Waals surface area contributed by atoms with Gasteiger partial charge in [0.15, 0.2) is 0 Å². The third-order valence-corrected chi connectivity index (χ3v) is 9.94. The molecule has 0 aliphatic carbocycles. The molecular formula is C22H16O4S4. The highest BCUT2D eigenvalue weighted by molar-refractivity contribution is 8.37. The fourth-order valence-electron chi connectivity index (χ4n) is 2.78. The summed E-state index contributed by atoms with van der Waals surface area (Å²) in [6, 6.07) is 19.5. The van der Waals surface area contributed by atoms with Crippen molar-refractivity contribution in [3.63, 3.8) is 0 Å². The van der Waals surface area contributed by atoms with Gasteiger partial charge in [0.2, 0.25) is 0 Å². The first-order chi connectivity index (χ1) is 14.6. The van der Waals surface area contributed by atoms with Gasteiger partial charge in [-0.1, -0.05) is 108 Å². The van der Waals surface area contributed by atoms with Crippen LogP contribution in [0.25, 0.3) is 9.81 Å². The van der Waals surface area contributed by atoms with E-state index < -0.39 is 0 Å². The Hall–Kier alpha value is -2.00. The zero-order chi connectivity index (χ0) is 21.1. The number of thioether (sulfide) groups is 4. The molecule has 0 N–H and O–H groups in total. The van der Waals surface area contributed by atoms with Crippen LogP contribution in [-0.2, 0) is 19.1 Å². The zero-order valence-electron chi connectivity index (χ0n) is 16.0. The first-order valence-corrected chi connectivity index (χ1v) is 12.1. The number of carbonyl (C=O) groups is 2. The molecule has 2 heterocycles. The Balaban J connectivity index is 1.70. The van der Waals surface area contributed by atoms with E-state index in [0.29, 0.717) is 9.81 Å². The monoisotopic (exact) mass is 472 g/mol. The molecule has 0 saturated heterocycles. The van der Waals surface area contributed by atoms with E-state index >= 15 is 0 Å². The molecule has 152 valence electrons. The summed E-state index contributed by atoms with van der Waals surface area (Å²) in [7, 11) is 2.77. The van der Waals surface area contributed by atoms with Crippen LogP contribution >= 0.6 is 47.0 Å². The maximum absolute atomic E-state index is 12.4. The van der Waals surface area contributed by atoms with Crippen LogP contribution < -0.4 is 0 Å². The van der Waals surface area contributed by atoms with E-state index in [9.17, 15) is 9.59 Å². The van der Waals surface area contributed by atoms with Crippen LogP contribution in [0.2, 0.25) is 0 Å². The standard InChI is InChI=1S/C22H16O4S4/c1-25-19(23)17-15(13-9-5-3-6-10-13)27-21(29-17)22-28-16(14-11-7-4-8-12-14)18(30-22)20(24)26-2/h3-12H,1-2H3/b22-21-. The third-order valence-electron chi connectivity index (χ3n) is 4.17. The number of hydrogen-bond donors (Lipinski definition) is 0. The molecule has 4 rings (SSSR count). The van der Waals surface area contributed by atoms with Gasteiger partial charge in [-0.05, 0) is 11.1 Å². The second kappa shape index (κ2) is 9.43. The topological polar surface area (TPSA) is 52.6 Å². The third kappa shape index (κ3) is 4.23. The number of esters is 2. The highest BCUT2D eigenvalue weighted by Crippen LogP contribution is 2.63. The maximum Gasteiger partial charge on any atom is 0.345 e. The lowest BCUT2D eigenvalue weighted by molar-refractivity contribution is -0.136. The summed E-state index contributed by atoms with van der Waals surface area (Å²) in [5.41, 5.74) is 1.92. The number of methoxy groups -OCH3 is 2. The highest BCUT2D eigenvalue weighted by atomic mass is 32.2. The van der Waals surface area contributed by atoms with Crippen molar-refractivity contribution in [2.24, 2.45) is 0 Å². The van der Waals surface area contributed by atoms with Crippen molar-refractivity contribution in [3.05, 3.63) is 90.1 Å². The number of carbonyl (C=O) groups excluding carboxylic acids is 2. The largest absolute Gasteiger partial charge is 0.465 e. The van der Waals surface area contributed by atoms with Crippen LogP contribution in [0.5, 0.6) is 0 Å². The smallest absolute Gasteiger partial charge is 0.345 e. The van der Waals surface area contributed by atoms with Gasteiger partial charge in [-0.2, -0.15) is 0 Å². The van der Waals surface area contributed by atoms with Crippen LogP contribution in [0.15, 0.2) is 78.9 Å². The van der Waals surface area contributed by atoms with Crippen molar-refractivity contribution in [2.75, 3.05) is 14.2 Å². The van der Waals surface area contributed by atoms with E-state index in [-0.39, 0.29) is 11.9 Å². The predicted octanol–water partition coefficient (Wildman–Crippen LogP) is 6.16. The highest BCUT2D eigenvalue weighted by Gasteiger charge is 2.35. The number of ether oxygens (including phenoxy) is 2. The average Bonchev–Trinajstić information content (AvgIpc) is 3.44. The van der Waals surface area contributed by atoms with Crippen molar-refractivity contribution >= 4 is 68.8 Å². The van der Waals surface area contributed by atoms with Crippen LogP contribution in [-0.4, -0.2) is 26.2 Å². The summed E-state index contributed by atoms with van der Waals surface area (Å²) in [5, 5.41) is 0. The van der Waals surface area contributed by atoms with Gasteiger partial charge in [-0.15, -0.1) is 0 Å². The molecule has 0 amide bonds. The van der Waals surface area contributed by atoms with Crippen LogP contribution in [0.4, 0.5) is 0 Å². The average molecular weight is 473 g/mol.